The molecule has 174 valence electrons. The van der Waals surface area contributed by atoms with E-state index in [0.29, 0.717) is 28.6 Å². The summed E-state index contributed by atoms with van der Waals surface area (Å²) in [6.45, 7) is 2.17. The number of nitrogens with zero attached hydrogens (tertiary/aromatic N) is 4. The van der Waals surface area contributed by atoms with Crippen LogP contribution < -0.4 is 5.73 Å². The lowest BCUT2D eigenvalue weighted by Gasteiger charge is -2.14. The topological polar surface area (TPSA) is 60.0 Å². The Morgan fingerprint density at radius 3 is 2.40 bits per heavy atom. The van der Waals surface area contributed by atoms with E-state index in [0.717, 1.165) is 36.5 Å². The number of nitrogens with two attached hydrogens (primary N) is 1. The van der Waals surface area contributed by atoms with Crippen molar-refractivity contribution in [3.63, 3.8) is 0 Å². The smallest absolute Gasteiger partial charge is 0.165 e. The van der Waals surface area contributed by atoms with Gasteiger partial charge in [-0.05, 0) is 67.9 Å². The Bertz CT molecular complexity index is 1490. The zero-order valence-electron chi connectivity index (χ0n) is 19.5. The first-order valence-corrected chi connectivity index (χ1v) is 11.9. The molecule has 1 saturated heterocycles. The zero-order chi connectivity index (χ0) is 23.9. The van der Waals surface area contributed by atoms with Gasteiger partial charge >= 0.3 is 0 Å². The van der Waals surface area contributed by atoms with Crippen molar-refractivity contribution in [1.29, 1.82) is 0 Å². The number of likely N-dealkylation sites (N-methyl/N-ethyl adjacent to an activating group) is 1. The summed E-state index contributed by atoms with van der Waals surface area (Å²) in [5.74, 6) is 0.565. The van der Waals surface area contributed by atoms with Gasteiger partial charge in [0.2, 0.25) is 0 Å². The zero-order valence-corrected chi connectivity index (χ0v) is 19.5. The van der Waals surface area contributed by atoms with Crippen LogP contribution in [0.5, 0.6) is 0 Å². The fourth-order valence-corrected chi connectivity index (χ4v) is 5.02. The van der Waals surface area contributed by atoms with Crippen LogP contribution >= 0.6 is 0 Å². The molecule has 2 aromatic heterocycles. The molecule has 6 rings (SSSR count). The van der Waals surface area contributed by atoms with Crippen molar-refractivity contribution in [1.82, 2.24) is 19.4 Å². The van der Waals surface area contributed by atoms with Gasteiger partial charge < -0.3 is 10.6 Å². The summed E-state index contributed by atoms with van der Waals surface area (Å²) in [5.41, 5.74) is 12.2. The predicted molar refractivity (Wildman–Crippen MR) is 139 cm³/mol. The summed E-state index contributed by atoms with van der Waals surface area (Å²) in [6, 6.07) is 27.1. The van der Waals surface area contributed by atoms with Crippen LogP contribution in [0.4, 0.5) is 10.1 Å². The Morgan fingerprint density at radius 1 is 0.886 bits per heavy atom. The van der Waals surface area contributed by atoms with Gasteiger partial charge in [0.25, 0.3) is 0 Å². The maximum Gasteiger partial charge on any atom is 0.165 e. The number of anilines is 1. The lowest BCUT2D eigenvalue weighted by molar-refractivity contribution is 0.411. The van der Waals surface area contributed by atoms with E-state index in [2.05, 4.69) is 36.2 Å². The maximum absolute atomic E-state index is 15.1. The molecule has 1 aliphatic heterocycles. The molecule has 6 heteroatoms. The average molecular weight is 464 g/mol. The molecule has 1 unspecified atom stereocenters. The Labute approximate surface area is 203 Å². The number of rotatable bonds is 4. The highest BCUT2D eigenvalue weighted by atomic mass is 19.1. The van der Waals surface area contributed by atoms with Gasteiger partial charge in [-0.3, -0.25) is 4.57 Å². The molecule has 2 N–H and O–H groups in total. The number of likely N-dealkylation sites (tertiary alicyclic amines) is 1. The summed E-state index contributed by atoms with van der Waals surface area (Å²) >= 11 is 0. The number of aromatic nitrogens is 3. The highest BCUT2D eigenvalue weighted by molar-refractivity contribution is 5.85. The van der Waals surface area contributed by atoms with Crippen LogP contribution in [0.2, 0.25) is 0 Å². The van der Waals surface area contributed by atoms with Crippen molar-refractivity contribution in [2.75, 3.05) is 25.9 Å². The predicted octanol–water partition coefficient (Wildman–Crippen LogP) is 5.89. The molecule has 3 aromatic carbocycles. The molecule has 5 nitrogen and oxygen atoms in total. The number of pyridine rings is 1. The number of hydrogen-bond donors (Lipinski definition) is 1. The third-order valence-corrected chi connectivity index (χ3v) is 6.86. The molecule has 0 spiro atoms. The second-order valence-electron chi connectivity index (χ2n) is 9.22. The van der Waals surface area contributed by atoms with Crippen LogP contribution in [-0.4, -0.2) is 39.6 Å². The molecule has 35 heavy (non-hydrogen) atoms. The van der Waals surface area contributed by atoms with E-state index in [1.807, 2.05) is 47.0 Å². The van der Waals surface area contributed by atoms with Gasteiger partial charge in [0.05, 0.1) is 11.3 Å². The molecule has 0 amide bonds. The van der Waals surface area contributed by atoms with E-state index in [4.69, 9.17) is 15.7 Å². The normalized spacial score (nSPS) is 16.2. The largest absolute Gasteiger partial charge is 0.398 e. The molecule has 1 aliphatic rings. The Morgan fingerprint density at radius 2 is 1.69 bits per heavy atom. The molecule has 0 aliphatic carbocycles. The highest BCUT2D eigenvalue weighted by Gasteiger charge is 2.23. The van der Waals surface area contributed by atoms with E-state index >= 15 is 4.39 Å². The van der Waals surface area contributed by atoms with Gasteiger partial charge in [0.1, 0.15) is 11.3 Å². The molecule has 0 bridgehead atoms. The quantitative estimate of drug-likeness (QED) is 0.337. The minimum Gasteiger partial charge on any atom is -0.398 e. The van der Waals surface area contributed by atoms with Crippen molar-refractivity contribution in [2.24, 2.45) is 0 Å². The molecule has 5 aromatic rings. The number of benzene rings is 3. The first-order valence-electron chi connectivity index (χ1n) is 11.9. The van der Waals surface area contributed by atoms with E-state index in [9.17, 15) is 0 Å². The van der Waals surface area contributed by atoms with E-state index in [1.165, 1.54) is 11.6 Å². The molecule has 3 heterocycles. The summed E-state index contributed by atoms with van der Waals surface area (Å²) in [7, 11) is 2.16. The third-order valence-electron chi connectivity index (χ3n) is 6.86. The van der Waals surface area contributed by atoms with Crippen LogP contribution in [0.3, 0.4) is 0 Å². The van der Waals surface area contributed by atoms with E-state index in [1.54, 1.807) is 12.1 Å². The van der Waals surface area contributed by atoms with Gasteiger partial charge in [0, 0.05) is 23.5 Å². The molecule has 1 fully saturated rings. The van der Waals surface area contributed by atoms with Crippen molar-refractivity contribution >= 4 is 16.9 Å². The Kier molecular flexibility index (Phi) is 5.30. The lowest BCUT2D eigenvalue weighted by Crippen LogP contribution is -2.13. The summed E-state index contributed by atoms with van der Waals surface area (Å²) in [4.78, 5) is 12.1. The minimum absolute atomic E-state index is 0.285. The number of nitrogen functional groups attached to an aromatic ring is 1. The molecular weight excluding hydrogens is 437 g/mol. The monoisotopic (exact) mass is 463 g/mol. The van der Waals surface area contributed by atoms with Crippen LogP contribution in [-0.2, 0) is 0 Å². The average Bonchev–Trinajstić information content (AvgIpc) is 3.48. The third kappa shape index (κ3) is 3.86. The van der Waals surface area contributed by atoms with E-state index < -0.39 is 5.82 Å². The fraction of sp³-hybridized carbons (Fsp3) is 0.172. The minimum atomic E-state index is -0.407. The summed E-state index contributed by atoms with van der Waals surface area (Å²) < 4.78 is 17.0. The van der Waals surface area contributed by atoms with Crippen LogP contribution in [0.25, 0.3) is 39.5 Å². The summed E-state index contributed by atoms with van der Waals surface area (Å²) in [5, 5.41) is 0. The number of hydrogen-bond acceptors (Lipinski definition) is 4. The van der Waals surface area contributed by atoms with Crippen LogP contribution in [0, 0.1) is 5.82 Å². The van der Waals surface area contributed by atoms with Crippen LogP contribution in [0.1, 0.15) is 17.9 Å². The van der Waals surface area contributed by atoms with Crippen LogP contribution in [0.15, 0.2) is 84.9 Å². The molecule has 1 atom stereocenters. The van der Waals surface area contributed by atoms with Gasteiger partial charge in [-0.25, -0.2) is 14.4 Å². The number of fused-ring (bicyclic) bond motifs is 1. The molecular formula is C29H26FN5. The second-order valence-corrected chi connectivity index (χ2v) is 9.22. The summed E-state index contributed by atoms with van der Waals surface area (Å²) in [6.07, 6.45) is 1.16. The SMILES string of the molecule is CN1CCC(c2ccc(-n3c(-c4c(N)cccc4F)nc4ccc(-c5ccccc5)nc43)cc2)C1. The van der Waals surface area contributed by atoms with E-state index in [-0.39, 0.29) is 5.56 Å². The van der Waals surface area contributed by atoms with Gasteiger partial charge in [-0.15, -0.1) is 0 Å². The number of imidazole rings is 1. The van der Waals surface area contributed by atoms with Crippen molar-refractivity contribution in [3.05, 3.63) is 96.3 Å². The van der Waals surface area contributed by atoms with Crippen molar-refractivity contribution < 1.29 is 4.39 Å². The van der Waals surface area contributed by atoms with Crippen molar-refractivity contribution in [2.45, 2.75) is 12.3 Å². The maximum atomic E-state index is 15.1. The molecule has 0 radical (unpaired) electrons. The first kappa shape index (κ1) is 21.5. The Balaban J connectivity index is 1.55. The second kappa shape index (κ2) is 8.64. The molecule has 0 saturated carbocycles. The highest BCUT2D eigenvalue weighted by Crippen LogP contribution is 2.35. The lowest BCUT2D eigenvalue weighted by atomic mass is 9.98. The van der Waals surface area contributed by atoms with Gasteiger partial charge in [0.15, 0.2) is 11.5 Å². The first-order chi connectivity index (χ1) is 17.1. The van der Waals surface area contributed by atoms with Gasteiger partial charge in [-0.1, -0.05) is 48.5 Å². The number of halogens is 1. The Hall–Kier alpha value is -4.03. The fourth-order valence-electron chi connectivity index (χ4n) is 5.02. The standard InChI is InChI=1S/C29H26FN5/c1-34-17-16-21(18-34)19-10-12-22(13-11-19)35-28-26(15-14-25(32-28)20-6-3-2-4-7-20)33-29(35)27-23(30)8-5-9-24(27)31/h2-15,21H,16-18,31H2,1H3. The van der Waals surface area contributed by atoms with Gasteiger partial charge in [-0.2, -0.15) is 0 Å². The van der Waals surface area contributed by atoms with Crippen molar-refractivity contribution in [3.8, 4) is 28.3 Å².